The normalized spacial score (nSPS) is 19.7. The minimum atomic E-state index is -3.32. The lowest BCUT2D eigenvalue weighted by Crippen LogP contribution is -2.50. The average molecular weight is 380 g/mol. The number of benzene rings is 1. The first-order chi connectivity index (χ1) is 12.5. The molecule has 26 heavy (non-hydrogen) atoms. The van der Waals surface area contributed by atoms with E-state index < -0.39 is 10.0 Å². The highest BCUT2D eigenvalue weighted by Gasteiger charge is 2.28. The minimum Gasteiger partial charge on any atom is -0.369 e. The van der Waals surface area contributed by atoms with Crippen molar-refractivity contribution in [2.24, 2.45) is 5.92 Å². The summed E-state index contributed by atoms with van der Waals surface area (Å²) in [4.78, 5) is 14.2. The van der Waals surface area contributed by atoms with Crippen LogP contribution in [-0.2, 0) is 14.8 Å². The van der Waals surface area contributed by atoms with Gasteiger partial charge in [-0.2, -0.15) is 4.31 Å². The number of nitrogens with zero attached hydrogens (tertiary/aromatic N) is 2. The molecular weight excluding hydrogens is 350 g/mol. The molecular formula is C19H29N3O3S. The van der Waals surface area contributed by atoms with Gasteiger partial charge in [-0.3, -0.25) is 4.79 Å². The number of sulfonamides is 1. The molecule has 0 bridgehead atoms. The maximum Gasteiger partial charge on any atom is 0.223 e. The fourth-order valence-corrected chi connectivity index (χ4v) is 5.15. The summed E-state index contributed by atoms with van der Waals surface area (Å²) in [5.41, 5.74) is 2.35. The van der Waals surface area contributed by atoms with E-state index in [0.29, 0.717) is 26.2 Å². The molecule has 1 aliphatic heterocycles. The molecule has 0 aromatic heterocycles. The van der Waals surface area contributed by atoms with Gasteiger partial charge in [0.15, 0.2) is 0 Å². The zero-order valence-electron chi connectivity index (χ0n) is 15.5. The maximum absolute atomic E-state index is 12.5. The van der Waals surface area contributed by atoms with E-state index in [1.54, 1.807) is 4.31 Å². The molecule has 1 N–H and O–H groups in total. The molecule has 1 aliphatic carbocycles. The summed E-state index contributed by atoms with van der Waals surface area (Å²) in [6.45, 7) is 4.63. The van der Waals surface area contributed by atoms with Gasteiger partial charge in [-0.15, -0.1) is 0 Å². The Hall–Kier alpha value is -1.60. The van der Waals surface area contributed by atoms with E-state index in [9.17, 15) is 13.2 Å². The number of aryl methyl sites for hydroxylation is 1. The van der Waals surface area contributed by atoms with Crippen molar-refractivity contribution >= 4 is 21.6 Å². The second kappa shape index (κ2) is 8.39. The van der Waals surface area contributed by atoms with E-state index in [-0.39, 0.29) is 24.1 Å². The van der Waals surface area contributed by atoms with E-state index >= 15 is 0 Å². The number of carbonyl (C=O) groups is 1. The fourth-order valence-electron chi connectivity index (χ4n) is 3.81. The largest absolute Gasteiger partial charge is 0.369 e. The number of piperazine rings is 1. The topological polar surface area (TPSA) is 69.7 Å². The van der Waals surface area contributed by atoms with Gasteiger partial charge in [-0.05, 0) is 37.5 Å². The number of carbonyl (C=O) groups excluding carboxylic acids is 1. The van der Waals surface area contributed by atoms with Gasteiger partial charge in [0.05, 0.1) is 5.75 Å². The van der Waals surface area contributed by atoms with Gasteiger partial charge in [0.1, 0.15) is 0 Å². The van der Waals surface area contributed by atoms with Gasteiger partial charge < -0.3 is 10.2 Å². The summed E-state index contributed by atoms with van der Waals surface area (Å²) in [7, 11) is -3.32. The van der Waals surface area contributed by atoms with Crippen LogP contribution in [0.1, 0.15) is 31.2 Å². The third kappa shape index (κ3) is 4.76. The lowest BCUT2D eigenvalue weighted by Gasteiger charge is -2.35. The number of hydrogen-bond acceptors (Lipinski definition) is 4. The summed E-state index contributed by atoms with van der Waals surface area (Å²) in [6.07, 6.45) is 4.06. The molecule has 1 amide bonds. The van der Waals surface area contributed by atoms with Gasteiger partial charge in [-0.25, -0.2) is 8.42 Å². The van der Waals surface area contributed by atoms with Crippen LogP contribution >= 0.6 is 0 Å². The monoisotopic (exact) mass is 379 g/mol. The highest BCUT2D eigenvalue weighted by molar-refractivity contribution is 7.89. The average Bonchev–Trinajstić information content (AvgIpc) is 3.16. The van der Waals surface area contributed by atoms with Gasteiger partial charge in [0, 0.05) is 44.3 Å². The standard InChI is InChI=1S/C19H29N3O3S/c1-16-5-4-8-18(15-16)21-10-12-22(13-11-21)26(24,25)14-9-20-19(23)17-6-2-3-7-17/h4-5,8,15,17H,2-3,6-7,9-14H2,1H3,(H,20,23). The van der Waals surface area contributed by atoms with Crippen molar-refractivity contribution in [3.63, 3.8) is 0 Å². The highest BCUT2D eigenvalue weighted by Crippen LogP contribution is 2.24. The molecule has 1 saturated heterocycles. The molecule has 0 spiro atoms. The molecule has 1 aromatic carbocycles. The van der Waals surface area contributed by atoms with E-state index in [1.807, 2.05) is 6.07 Å². The van der Waals surface area contributed by atoms with Crippen LogP contribution in [0.3, 0.4) is 0 Å². The summed E-state index contributed by atoms with van der Waals surface area (Å²) < 4.78 is 26.6. The van der Waals surface area contributed by atoms with Crippen LogP contribution in [0.2, 0.25) is 0 Å². The summed E-state index contributed by atoms with van der Waals surface area (Å²) in [6, 6.07) is 8.28. The zero-order valence-corrected chi connectivity index (χ0v) is 16.3. The molecule has 0 radical (unpaired) electrons. The number of amides is 1. The van der Waals surface area contributed by atoms with Crippen LogP contribution in [0.15, 0.2) is 24.3 Å². The third-order valence-electron chi connectivity index (χ3n) is 5.38. The minimum absolute atomic E-state index is 0.0157. The zero-order chi connectivity index (χ0) is 18.6. The van der Waals surface area contributed by atoms with E-state index in [0.717, 1.165) is 31.4 Å². The lowest BCUT2D eigenvalue weighted by atomic mass is 10.1. The van der Waals surface area contributed by atoms with Gasteiger partial charge >= 0.3 is 0 Å². The molecule has 1 aromatic rings. The molecule has 2 fully saturated rings. The Morgan fingerprint density at radius 2 is 1.85 bits per heavy atom. The molecule has 0 unspecified atom stereocenters. The molecule has 2 aliphatic rings. The van der Waals surface area contributed by atoms with Crippen molar-refractivity contribution in [3.05, 3.63) is 29.8 Å². The van der Waals surface area contributed by atoms with Gasteiger partial charge in [-0.1, -0.05) is 25.0 Å². The molecule has 1 saturated carbocycles. The second-order valence-corrected chi connectivity index (χ2v) is 9.40. The smallest absolute Gasteiger partial charge is 0.223 e. The Morgan fingerprint density at radius 1 is 1.15 bits per heavy atom. The molecule has 144 valence electrons. The summed E-state index contributed by atoms with van der Waals surface area (Å²) in [5, 5.41) is 2.81. The van der Waals surface area contributed by atoms with E-state index in [2.05, 4.69) is 35.3 Å². The molecule has 0 atom stereocenters. The number of anilines is 1. The van der Waals surface area contributed by atoms with Crippen LogP contribution in [0.25, 0.3) is 0 Å². The van der Waals surface area contributed by atoms with E-state index in [4.69, 9.17) is 0 Å². The van der Waals surface area contributed by atoms with Crippen molar-refractivity contribution in [1.29, 1.82) is 0 Å². The fraction of sp³-hybridized carbons (Fsp3) is 0.632. The van der Waals surface area contributed by atoms with Gasteiger partial charge in [0.25, 0.3) is 0 Å². The summed E-state index contributed by atoms with van der Waals surface area (Å²) in [5.74, 6) is 0.0770. The first kappa shape index (κ1) is 19.2. The van der Waals surface area contributed by atoms with Crippen LogP contribution in [0, 0.1) is 12.8 Å². The van der Waals surface area contributed by atoms with Crippen molar-refractivity contribution in [3.8, 4) is 0 Å². The Morgan fingerprint density at radius 3 is 2.50 bits per heavy atom. The van der Waals surface area contributed by atoms with Crippen molar-refractivity contribution in [2.75, 3.05) is 43.4 Å². The maximum atomic E-state index is 12.5. The Bertz CT molecular complexity index is 721. The second-order valence-electron chi connectivity index (χ2n) is 7.31. The van der Waals surface area contributed by atoms with E-state index in [1.165, 1.54) is 5.56 Å². The van der Waals surface area contributed by atoms with Crippen LogP contribution < -0.4 is 10.2 Å². The van der Waals surface area contributed by atoms with Crippen molar-refractivity contribution in [1.82, 2.24) is 9.62 Å². The third-order valence-corrected chi connectivity index (χ3v) is 7.26. The van der Waals surface area contributed by atoms with Crippen LogP contribution in [0.4, 0.5) is 5.69 Å². The van der Waals surface area contributed by atoms with Crippen LogP contribution in [-0.4, -0.2) is 57.1 Å². The summed E-state index contributed by atoms with van der Waals surface area (Å²) >= 11 is 0. The quantitative estimate of drug-likeness (QED) is 0.818. The molecule has 1 heterocycles. The lowest BCUT2D eigenvalue weighted by molar-refractivity contribution is -0.124. The Labute approximate surface area is 156 Å². The molecule has 7 heteroatoms. The Balaban J connectivity index is 1.46. The SMILES string of the molecule is Cc1cccc(N2CCN(S(=O)(=O)CCNC(=O)C3CCCC3)CC2)c1. The molecule has 6 nitrogen and oxygen atoms in total. The highest BCUT2D eigenvalue weighted by atomic mass is 32.2. The predicted molar refractivity (Wildman–Crippen MR) is 104 cm³/mol. The number of rotatable bonds is 6. The van der Waals surface area contributed by atoms with Gasteiger partial charge in [0.2, 0.25) is 15.9 Å². The van der Waals surface area contributed by atoms with Crippen LogP contribution in [0.5, 0.6) is 0 Å². The number of nitrogens with one attached hydrogen (secondary N) is 1. The first-order valence-electron chi connectivity index (χ1n) is 9.53. The predicted octanol–water partition coefficient (Wildman–Crippen LogP) is 1.75. The van der Waals surface area contributed by atoms with Crippen molar-refractivity contribution in [2.45, 2.75) is 32.6 Å². The Kier molecular flexibility index (Phi) is 6.19. The number of hydrogen-bond donors (Lipinski definition) is 1. The molecule has 3 rings (SSSR count). The first-order valence-corrected chi connectivity index (χ1v) is 11.1. The van der Waals surface area contributed by atoms with Crippen molar-refractivity contribution < 1.29 is 13.2 Å².